The van der Waals surface area contributed by atoms with Gasteiger partial charge in [-0.1, -0.05) is 54.9 Å². The maximum absolute atomic E-state index is 12.1. The zero-order valence-corrected chi connectivity index (χ0v) is 16.4. The first-order valence-electron chi connectivity index (χ1n) is 9.41. The SMILES string of the molecule is O=C(Cc1cc(=O)[nH]c(SCC(=O)NC2CCCC2)n1)NCc1ccccc1. The molecule has 8 heteroatoms. The second-order valence-corrected chi connectivity index (χ2v) is 7.78. The number of hydrogen-bond donors (Lipinski definition) is 3. The van der Waals surface area contributed by atoms with E-state index in [4.69, 9.17) is 0 Å². The number of amides is 2. The Balaban J connectivity index is 1.50. The number of benzene rings is 1. The van der Waals surface area contributed by atoms with E-state index in [-0.39, 0.29) is 35.6 Å². The smallest absolute Gasteiger partial charge is 0.251 e. The number of hydrogen-bond acceptors (Lipinski definition) is 5. The number of carbonyl (C=O) groups is 2. The Labute approximate surface area is 167 Å². The Morgan fingerprint density at radius 3 is 2.64 bits per heavy atom. The zero-order valence-electron chi connectivity index (χ0n) is 15.6. The van der Waals surface area contributed by atoms with Crippen LogP contribution in [0.4, 0.5) is 0 Å². The first-order valence-corrected chi connectivity index (χ1v) is 10.4. The summed E-state index contributed by atoms with van der Waals surface area (Å²) in [4.78, 5) is 42.9. The second kappa shape index (κ2) is 10.1. The van der Waals surface area contributed by atoms with E-state index in [9.17, 15) is 14.4 Å². The highest BCUT2D eigenvalue weighted by molar-refractivity contribution is 7.99. The second-order valence-electron chi connectivity index (χ2n) is 6.82. The number of nitrogens with one attached hydrogen (secondary N) is 3. The highest BCUT2D eigenvalue weighted by Gasteiger charge is 2.17. The average Bonchev–Trinajstić information content (AvgIpc) is 3.18. The molecular formula is C20H24N4O3S. The highest BCUT2D eigenvalue weighted by atomic mass is 32.2. The molecule has 3 rings (SSSR count). The van der Waals surface area contributed by atoms with Crippen molar-refractivity contribution in [2.75, 3.05) is 5.75 Å². The molecule has 1 aromatic heterocycles. The number of thioether (sulfide) groups is 1. The van der Waals surface area contributed by atoms with Crippen LogP contribution in [0.2, 0.25) is 0 Å². The first-order chi connectivity index (χ1) is 13.6. The van der Waals surface area contributed by atoms with Crippen LogP contribution in [0.25, 0.3) is 0 Å². The molecule has 28 heavy (non-hydrogen) atoms. The van der Waals surface area contributed by atoms with Gasteiger partial charge in [-0.05, 0) is 18.4 Å². The van der Waals surface area contributed by atoms with Gasteiger partial charge in [0.25, 0.3) is 5.56 Å². The van der Waals surface area contributed by atoms with Gasteiger partial charge in [0, 0.05) is 18.7 Å². The molecule has 7 nitrogen and oxygen atoms in total. The predicted octanol–water partition coefficient (Wildman–Crippen LogP) is 1.78. The molecule has 2 amide bonds. The van der Waals surface area contributed by atoms with Crippen molar-refractivity contribution in [3.8, 4) is 0 Å². The fraction of sp³-hybridized carbons (Fsp3) is 0.400. The lowest BCUT2D eigenvalue weighted by molar-refractivity contribution is -0.121. The van der Waals surface area contributed by atoms with E-state index in [1.807, 2.05) is 30.3 Å². The van der Waals surface area contributed by atoms with Gasteiger partial charge >= 0.3 is 0 Å². The maximum atomic E-state index is 12.1. The van der Waals surface area contributed by atoms with Crippen LogP contribution in [0, 0.1) is 0 Å². The van der Waals surface area contributed by atoms with Gasteiger partial charge in [0.15, 0.2) is 5.16 Å². The van der Waals surface area contributed by atoms with Gasteiger partial charge in [0.1, 0.15) is 0 Å². The fourth-order valence-corrected chi connectivity index (χ4v) is 3.84. The quantitative estimate of drug-likeness (QED) is 0.463. The van der Waals surface area contributed by atoms with Gasteiger partial charge in [0.05, 0.1) is 17.9 Å². The molecule has 3 N–H and O–H groups in total. The fourth-order valence-electron chi connectivity index (χ4n) is 3.14. The van der Waals surface area contributed by atoms with Crippen LogP contribution < -0.4 is 16.2 Å². The third-order valence-electron chi connectivity index (χ3n) is 4.51. The van der Waals surface area contributed by atoms with Crippen molar-refractivity contribution < 1.29 is 9.59 Å². The molecule has 0 aliphatic heterocycles. The summed E-state index contributed by atoms with van der Waals surface area (Å²) < 4.78 is 0. The van der Waals surface area contributed by atoms with E-state index < -0.39 is 0 Å². The molecule has 1 aliphatic carbocycles. The van der Waals surface area contributed by atoms with E-state index in [0.29, 0.717) is 17.4 Å². The summed E-state index contributed by atoms with van der Waals surface area (Å²) in [6.45, 7) is 0.422. The summed E-state index contributed by atoms with van der Waals surface area (Å²) in [7, 11) is 0. The molecular weight excluding hydrogens is 376 g/mol. The molecule has 1 heterocycles. The molecule has 0 bridgehead atoms. The average molecular weight is 401 g/mol. The van der Waals surface area contributed by atoms with E-state index in [1.165, 1.54) is 17.8 Å². The van der Waals surface area contributed by atoms with Crippen molar-refractivity contribution in [1.82, 2.24) is 20.6 Å². The van der Waals surface area contributed by atoms with Crippen LogP contribution in [-0.4, -0.2) is 33.6 Å². The number of nitrogens with zero attached hydrogens (tertiary/aromatic N) is 1. The van der Waals surface area contributed by atoms with Gasteiger partial charge in [0.2, 0.25) is 11.8 Å². The zero-order chi connectivity index (χ0) is 19.8. The summed E-state index contributed by atoms with van der Waals surface area (Å²) in [6.07, 6.45) is 4.37. The molecule has 1 aromatic carbocycles. The van der Waals surface area contributed by atoms with Gasteiger partial charge < -0.3 is 15.6 Å². The molecule has 148 valence electrons. The Kier molecular flexibility index (Phi) is 7.25. The molecule has 1 fully saturated rings. The standard InChI is InChI=1S/C20H24N4O3S/c25-17(21-12-14-6-2-1-3-7-14)10-16-11-18(26)24-20(23-16)28-13-19(27)22-15-8-4-5-9-15/h1-3,6-7,11,15H,4-5,8-10,12-13H2,(H,21,25)(H,22,27)(H,23,24,26). The molecule has 0 spiro atoms. The third-order valence-corrected chi connectivity index (χ3v) is 5.38. The number of H-pyrrole nitrogens is 1. The maximum Gasteiger partial charge on any atom is 0.251 e. The lowest BCUT2D eigenvalue weighted by Crippen LogP contribution is -2.34. The largest absolute Gasteiger partial charge is 0.353 e. The summed E-state index contributed by atoms with van der Waals surface area (Å²) in [5.74, 6) is -0.0919. The topological polar surface area (TPSA) is 104 Å². The Hall–Kier alpha value is -2.61. The molecule has 2 aromatic rings. The van der Waals surface area contributed by atoms with Crippen LogP contribution in [0.5, 0.6) is 0 Å². The lowest BCUT2D eigenvalue weighted by atomic mass is 10.2. The van der Waals surface area contributed by atoms with Crippen molar-refractivity contribution in [3.63, 3.8) is 0 Å². The van der Waals surface area contributed by atoms with Crippen molar-refractivity contribution >= 4 is 23.6 Å². The van der Waals surface area contributed by atoms with Crippen molar-refractivity contribution in [3.05, 3.63) is 58.0 Å². The summed E-state index contributed by atoms with van der Waals surface area (Å²) in [5.41, 5.74) is 1.05. The minimum atomic E-state index is -0.334. The van der Waals surface area contributed by atoms with Crippen molar-refractivity contribution in [2.24, 2.45) is 0 Å². The monoisotopic (exact) mass is 400 g/mol. The van der Waals surface area contributed by atoms with E-state index in [1.54, 1.807) is 0 Å². The van der Waals surface area contributed by atoms with Gasteiger partial charge in [-0.2, -0.15) is 0 Å². The number of carbonyl (C=O) groups excluding carboxylic acids is 2. The van der Waals surface area contributed by atoms with E-state index in [0.717, 1.165) is 31.2 Å². The van der Waals surface area contributed by atoms with Crippen LogP contribution in [0.3, 0.4) is 0 Å². The van der Waals surface area contributed by atoms with Gasteiger partial charge in [-0.25, -0.2) is 4.98 Å². The first kappa shape index (κ1) is 20.1. The van der Waals surface area contributed by atoms with Crippen molar-refractivity contribution in [2.45, 2.75) is 49.8 Å². The van der Waals surface area contributed by atoms with E-state index >= 15 is 0 Å². The summed E-state index contributed by atoms with van der Waals surface area (Å²) >= 11 is 1.17. The predicted molar refractivity (Wildman–Crippen MR) is 108 cm³/mol. The summed E-state index contributed by atoms with van der Waals surface area (Å²) in [5, 5.41) is 6.16. The van der Waals surface area contributed by atoms with Gasteiger partial charge in [-0.3, -0.25) is 14.4 Å². The molecule has 1 saturated carbocycles. The molecule has 0 saturated heterocycles. The highest BCUT2D eigenvalue weighted by Crippen LogP contribution is 2.18. The van der Waals surface area contributed by atoms with Crippen LogP contribution in [0.15, 0.2) is 46.3 Å². The summed E-state index contributed by atoms with van der Waals surface area (Å²) in [6, 6.07) is 11.2. The molecule has 0 atom stereocenters. The van der Waals surface area contributed by atoms with Gasteiger partial charge in [-0.15, -0.1) is 0 Å². The number of rotatable bonds is 8. The normalized spacial score (nSPS) is 14.0. The Morgan fingerprint density at radius 2 is 1.89 bits per heavy atom. The molecule has 1 aliphatic rings. The third kappa shape index (κ3) is 6.53. The van der Waals surface area contributed by atoms with Crippen LogP contribution >= 0.6 is 11.8 Å². The van der Waals surface area contributed by atoms with Crippen LogP contribution in [0.1, 0.15) is 36.9 Å². The minimum absolute atomic E-state index is 0.0125. The Morgan fingerprint density at radius 1 is 1.14 bits per heavy atom. The molecule has 0 unspecified atom stereocenters. The minimum Gasteiger partial charge on any atom is -0.353 e. The lowest BCUT2D eigenvalue weighted by Gasteiger charge is -2.11. The number of aromatic amines is 1. The number of aromatic nitrogens is 2. The molecule has 0 radical (unpaired) electrons. The van der Waals surface area contributed by atoms with E-state index in [2.05, 4.69) is 20.6 Å². The van der Waals surface area contributed by atoms with Crippen molar-refractivity contribution in [1.29, 1.82) is 0 Å². The Bertz CT molecular complexity index is 863. The van der Waals surface area contributed by atoms with Crippen LogP contribution in [-0.2, 0) is 22.6 Å².